The molecular weight excluding hydrogens is 462 g/mol. The van der Waals surface area contributed by atoms with Crippen LogP contribution in [0.5, 0.6) is 0 Å². The molecule has 36 heavy (non-hydrogen) atoms. The molecule has 1 amide bonds. The van der Waals surface area contributed by atoms with Crippen molar-refractivity contribution >= 4 is 40.8 Å². The highest BCUT2D eigenvalue weighted by Gasteiger charge is 2.65. The van der Waals surface area contributed by atoms with Crippen LogP contribution < -0.4 is 9.91 Å². The van der Waals surface area contributed by atoms with Gasteiger partial charge in [-0.1, -0.05) is 35.9 Å². The molecule has 0 saturated carbocycles. The van der Waals surface area contributed by atoms with E-state index in [2.05, 4.69) is 5.10 Å². The number of hydrogen-bond acceptors (Lipinski definition) is 8. The molecule has 0 spiro atoms. The van der Waals surface area contributed by atoms with Gasteiger partial charge in [0.1, 0.15) is 17.5 Å². The van der Waals surface area contributed by atoms with E-state index in [1.807, 2.05) is 13.0 Å². The summed E-state index contributed by atoms with van der Waals surface area (Å²) in [5.41, 5.74) is -1.12. The summed E-state index contributed by atoms with van der Waals surface area (Å²) < 4.78 is 9.92. The number of amidine groups is 1. The van der Waals surface area contributed by atoms with Gasteiger partial charge in [0, 0.05) is 5.69 Å². The molecule has 2 unspecified atom stereocenters. The first-order valence-electron chi connectivity index (χ1n) is 11.0. The van der Waals surface area contributed by atoms with E-state index in [1.165, 1.54) is 0 Å². The van der Waals surface area contributed by atoms with Gasteiger partial charge < -0.3 is 9.47 Å². The first kappa shape index (κ1) is 24.3. The monoisotopic (exact) mass is 485 g/mol. The van der Waals surface area contributed by atoms with Gasteiger partial charge in [-0.05, 0) is 38.1 Å². The fourth-order valence-corrected chi connectivity index (χ4v) is 4.58. The predicted octanol–water partition coefficient (Wildman–Crippen LogP) is 2.94. The van der Waals surface area contributed by atoms with Gasteiger partial charge in [-0.25, -0.2) is 14.6 Å². The first-order valence-corrected chi connectivity index (χ1v) is 11.0. The van der Waals surface area contributed by atoms with Crippen molar-refractivity contribution in [3.8, 4) is 6.07 Å². The van der Waals surface area contributed by atoms with Crippen molar-refractivity contribution in [2.24, 2.45) is 16.4 Å². The number of methoxy groups -OCH3 is 2. The van der Waals surface area contributed by atoms with Crippen LogP contribution in [0.15, 0.2) is 71.0 Å². The number of amides is 1. The molecular formula is C26H23N5O5. The summed E-state index contributed by atoms with van der Waals surface area (Å²) in [6.45, 7) is 3.41. The maximum absolute atomic E-state index is 13.8. The minimum atomic E-state index is -2.21. The zero-order chi connectivity index (χ0) is 26.2. The zero-order valence-corrected chi connectivity index (χ0v) is 20.1. The molecule has 0 bridgehead atoms. The second-order valence-electron chi connectivity index (χ2n) is 8.31. The van der Waals surface area contributed by atoms with E-state index in [4.69, 9.17) is 14.9 Å². The molecule has 10 nitrogen and oxygen atoms in total. The number of nitrogens with one attached hydrogen (secondary N) is 1. The number of carbonyl (C=O) groups excluding carboxylic acids is 3. The van der Waals surface area contributed by atoms with Crippen LogP contribution in [-0.2, 0) is 23.9 Å². The molecule has 2 aliphatic rings. The van der Waals surface area contributed by atoms with E-state index < -0.39 is 40.6 Å². The maximum Gasteiger partial charge on any atom is 0.355 e. The van der Waals surface area contributed by atoms with Crippen molar-refractivity contribution in [3.63, 3.8) is 0 Å². The Bertz CT molecular complexity index is 1370. The molecule has 1 N–H and O–H groups in total. The predicted molar refractivity (Wildman–Crippen MR) is 131 cm³/mol. The Morgan fingerprint density at radius 1 is 1.00 bits per heavy atom. The van der Waals surface area contributed by atoms with Gasteiger partial charge in [-0.3, -0.25) is 15.1 Å². The lowest BCUT2D eigenvalue weighted by molar-refractivity contribution is -0.139. The van der Waals surface area contributed by atoms with Crippen molar-refractivity contribution in [2.75, 3.05) is 24.1 Å². The molecule has 2 aliphatic heterocycles. The molecule has 4 rings (SSSR count). The van der Waals surface area contributed by atoms with Crippen LogP contribution in [0.1, 0.15) is 12.5 Å². The van der Waals surface area contributed by atoms with Gasteiger partial charge in [0.2, 0.25) is 0 Å². The van der Waals surface area contributed by atoms with Crippen LogP contribution >= 0.6 is 0 Å². The third-order valence-electron chi connectivity index (χ3n) is 6.25. The Morgan fingerprint density at radius 2 is 1.61 bits per heavy atom. The molecule has 0 aromatic heterocycles. The molecule has 0 saturated heterocycles. The second kappa shape index (κ2) is 9.11. The Labute approximate surface area is 207 Å². The van der Waals surface area contributed by atoms with Crippen molar-refractivity contribution in [1.29, 1.82) is 10.7 Å². The van der Waals surface area contributed by atoms with Crippen LogP contribution in [0, 0.1) is 35.0 Å². The quantitative estimate of drug-likeness (QED) is 0.643. The Hall–Kier alpha value is -4.78. The molecule has 2 aromatic carbocycles. The number of carbonyl (C=O) groups is 3. The van der Waals surface area contributed by atoms with Crippen LogP contribution in [0.3, 0.4) is 0 Å². The maximum atomic E-state index is 13.8. The van der Waals surface area contributed by atoms with Gasteiger partial charge in [-0.2, -0.15) is 10.4 Å². The normalized spacial score (nSPS) is 21.4. The van der Waals surface area contributed by atoms with E-state index in [1.54, 1.807) is 61.5 Å². The molecule has 0 radical (unpaired) electrons. The number of aryl methyl sites for hydroxylation is 1. The number of esters is 2. The lowest BCUT2D eigenvalue weighted by atomic mass is 9.68. The van der Waals surface area contributed by atoms with Gasteiger partial charge in [0.15, 0.2) is 5.41 Å². The number of rotatable bonds is 5. The highest BCUT2D eigenvalue weighted by atomic mass is 16.5. The molecule has 2 heterocycles. The number of ether oxygens (including phenoxy) is 2. The summed E-state index contributed by atoms with van der Waals surface area (Å²) in [4.78, 5) is 41.2. The molecule has 2 atom stereocenters. The van der Waals surface area contributed by atoms with Crippen LogP contribution in [0.2, 0.25) is 0 Å². The summed E-state index contributed by atoms with van der Waals surface area (Å²) in [5, 5.41) is 25.2. The van der Waals surface area contributed by atoms with Crippen molar-refractivity contribution in [2.45, 2.75) is 13.8 Å². The number of hydrazone groups is 1. The van der Waals surface area contributed by atoms with Crippen molar-refractivity contribution in [3.05, 3.63) is 71.4 Å². The van der Waals surface area contributed by atoms with Crippen molar-refractivity contribution in [1.82, 2.24) is 0 Å². The van der Waals surface area contributed by atoms with E-state index in [9.17, 15) is 19.6 Å². The van der Waals surface area contributed by atoms with Crippen LogP contribution in [-0.4, -0.2) is 43.6 Å². The van der Waals surface area contributed by atoms with E-state index >= 15 is 0 Å². The van der Waals surface area contributed by atoms with E-state index in [0.717, 1.165) is 29.7 Å². The minimum Gasteiger partial charge on any atom is -0.466 e. The number of hydrogen-bond donors (Lipinski definition) is 1. The standard InChI is InChI=1S/C26H23N5O5/c1-15-10-12-17(13-11-15)30-21(24(34)36-4)20(23(33)35-3)26(14-27,25(30)28)19-16(2)29-31(22(19)32)18-8-6-5-7-9-18/h5-13,19,28H,1-4H3. The molecule has 2 aromatic rings. The second-order valence-corrected chi connectivity index (χ2v) is 8.31. The average molecular weight is 486 g/mol. The fourth-order valence-electron chi connectivity index (χ4n) is 4.58. The third-order valence-corrected chi connectivity index (χ3v) is 6.25. The van der Waals surface area contributed by atoms with E-state index in [-0.39, 0.29) is 11.4 Å². The number of nitriles is 1. The number of nitrogens with zero attached hydrogens (tertiary/aromatic N) is 4. The van der Waals surface area contributed by atoms with Gasteiger partial charge >= 0.3 is 11.9 Å². The Morgan fingerprint density at radius 3 is 2.17 bits per heavy atom. The first-order chi connectivity index (χ1) is 17.2. The topological polar surface area (TPSA) is 136 Å². The summed E-state index contributed by atoms with van der Waals surface area (Å²) >= 11 is 0. The van der Waals surface area contributed by atoms with Gasteiger partial charge in [0.05, 0.1) is 37.3 Å². The molecule has 10 heteroatoms. The third kappa shape index (κ3) is 3.44. The van der Waals surface area contributed by atoms with Crippen LogP contribution in [0.4, 0.5) is 11.4 Å². The largest absolute Gasteiger partial charge is 0.466 e. The zero-order valence-electron chi connectivity index (χ0n) is 20.1. The highest BCUT2D eigenvalue weighted by Crippen LogP contribution is 2.50. The lowest BCUT2D eigenvalue weighted by Gasteiger charge is -2.30. The van der Waals surface area contributed by atoms with Crippen LogP contribution in [0.25, 0.3) is 0 Å². The number of benzene rings is 2. The summed E-state index contributed by atoms with van der Waals surface area (Å²) in [6.07, 6.45) is 0. The van der Waals surface area contributed by atoms with Crippen molar-refractivity contribution < 1.29 is 23.9 Å². The molecule has 0 aliphatic carbocycles. The number of anilines is 2. The Kier molecular flexibility index (Phi) is 6.16. The van der Waals surface area contributed by atoms with Gasteiger partial charge in [-0.15, -0.1) is 0 Å². The summed E-state index contributed by atoms with van der Waals surface area (Å²) in [6, 6.07) is 17.4. The lowest BCUT2D eigenvalue weighted by Crippen LogP contribution is -2.48. The number of para-hydroxylation sites is 1. The summed E-state index contributed by atoms with van der Waals surface area (Å²) in [7, 11) is 2.22. The Balaban J connectivity index is 1.99. The fraction of sp³-hybridized carbons (Fsp3) is 0.231. The van der Waals surface area contributed by atoms with Gasteiger partial charge in [0.25, 0.3) is 5.91 Å². The minimum absolute atomic E-state index is 0.200. The molecule has 0 fully saturated rings. The SMILES string of the molecule is COC(=O)C1=C(C(=O)OC)C(C#N)(C2C(=O)N(c3ccccc3)N=C2C)C(=N)N1c1ccc(C)cc1. The molecule has 182 valence electrons. The average Bonchev–Trinajstić information content (AvgIpc) is 3.34. The summed E-state index contributed by atoms with van der Waals surface area (Å²) in [5.74, 6) is -4.45. The smallest absolute Gasteiger partial charge is 0.355 e. The highest BCUT2D eigenvalue weighted by molar-refractivity contribution is 6.28. The van der Waals surface area contributed by atoms with E-state index in [0.29, 0.717) is 11.4 Å².